The zero-order valence-corrected chi connectivity index (χ0v) is 18.0. The van der Waals surface area contributed by atoms with Crippen LogP contribution in [-0.2, 0) is 0 Å². The van der Waals surface area contributed by atoms with Gasteiger partial charge in [0.1, 0.15) is 0 Å². The standard InChI is InChI=1S/C22H28N2O6/c1-6-28-18-12-16(13-19(29-7-2)21(18)30-8-3)22(25)24-23-14-15-10-9-11-17(26-4)20(15)27-5/h9-14H,6-8H2,1-5H3,(H,24,25). The molecule has 0 heterocycles. The molecule has 0 unspecified atom stereocenters. The van der Waals surface area contributed by atoms with E-state index in [1.807, 2.05) is 20.8 Å². The van der Waals surface area contributed by atoms with Gasteiger partial charge in [-0.25, -0.2) is 5.43 Å². The first kappa shape index (κ1) is 22.9. The van der Waals surface area contributed by atoms with Crippen molar-refractivity contribution in [2.45, 2.75) is 20.8 Å². The first-order valence-electron chi connectivity index (χ1n) is 9.70. The van der Waals surface area contributed by atoms with Gasteiger partial charge in [0.15, 0.2) is 23.0 Å². The quantitative estimate of drug-likeness (QED) is 0.444. The number of amides is 1. The van der Waals surface area contributed by atoms with E-state index in [1.54, 1.807) is 37.4 Å². The Morgan fingerprint density at radius 2 is 1.53 bits per heavy atom. The average molecular weight is 416 g/mol. The van der Waals surface area contributed by atoms with Gasteiger partial charge in [-0.05, 0) is 45.0 Å². The van der Waals surface area contributed by atoms with E-state index >= 15 is 0 Å². The number of ether oxygens (including phenoxy) is 5. The van der Waals surface area contributed by atoms with Crippen molar-refractivity contribution in [1.29, 1.82) is 0 Å². The molecule has 0 saturated carbocycles. The summed E-state index contributed by atoms with van der Waals surface area (Å²) in [4.78, 5) is 12.7. The number of nitrogens with zero attached hydrogens (tertiary/aromatic N) is 1. The summed E-state index contributed by atoms with van der Waals surface area (Å²) in [7, 11) is 3.09. The summed E-state index contributed by atoms with van der Waals surface area (Å²) in [5.74, 6) is 2.03. The summed E-state index contributed by atoms with van der Waals surface area (Å²) < 4.78 is 27.6. The molecule has 0 fully saturated rings. The van der Waals surface area contributed by atoms with Crippen LogP contribution >= 0.6 is 0 Å². The van der Waals surface area contributed by atoms with E-state index in [0.29, 0.717) is 59.7 Å². The molecule has 2 rings (SSSR count). The number of carbonyl (C=O) groups is 1. The van der Waals surface area contributed by atoms with Crippen LogP contribution in [-0.4, -0.2) is 46.2 Å². The van der Waals surface area contributed by atoms with Gasteiger partial charge < -0.3 is 23.7 Å². The third kappa shape index (κ3) is 5.56. The highest BCUT2D eigenvalue weighted by molar-refractivity contribution is 5.96. The van der Waals surface area contributed by atoms with Crippen molar-refractivity contribution < 1.29 is 28.5 Å². The lowest BCUT2D eigenvalue weighted by atomic mass is 10.1. The lowest BCUT2D eigenvalue weighted by Crippen LogP contribution is -2.18. The van der Waals surface area contributed by atoms with Gasteiger partial charge in [-0.15, -0.1) is 0 Å². The minimum Gasteiger partial charge on any atom is -0.493 e. The van der Waals surface area contributed by atoms with Crippen LogP contribution in [0.5, 0.6) is 28.7 Å². The number of methoxy groups -OCH3 is 2. The van der Waals surface area contributed by atoms with Crippen molar-refractivity contribution >= 4 is 12.1 Å². The molecular formula is C22H28N2O6. The van der Waals surface area contributed by atoms with Gasteiger partial charge >= 0.3 is 0 Å². The second kappa shape index (κ2) is 11.5. The molecule has 0 spiro atoms. The van der Waals surface area contributed by atoms with E-state index in [2.05, 4.69) is 10.5 Å². The fourth-order valence-electron chi connectivity index (χ4n) is 2.76. The number of nitrogens with one attached hydrogen (secondary N) is 1. The average Bonchev–Trinajstić information content (AvgIpc) is 2.75. The minimum absolute atomic E-state index is 0.333. The Balaban J connectivity index is 2.27. The van der Waals surface area contributed by atoms with Crippen molar-refractivity contribution in [2.24, 2.45) is 5.10 Å². The third-order valence-corrected chi connectivity index (χ3v) is 3.97. The Kier molecular flexibility index (Phi) is 8.80. The fourth-order valence-corrected chi connectivity index (χ4v) is 2.76. The topological polar surface area (TPSA) is 87.6 Å². The number of hydrogen-bond donors (Lipinski definition) is 1. The lowest BCUT2D eigenvalue weighted by Gasteiger charge is -2.16. The van der Waals surface area contributed by atoms with Crippen LogP contribution in [0.3, 0.4) is 0 Å². The van der Waals surface area contributed by atoms with Gasteiger partial charge in [0.25, 0.3) is 5.91 Å². The smallest absolute Gasteiger partial charge is 0.271 e. The van der Waals surface area contributed by atoms with E-state index in [4.69, 9.17) is 23.7 Å². The molecular weight excluding hydrogens is 388 g/mol. The number of para-hydroxylation sites is 1. The van der Waals surface area contributed by atoms with Crippen LogP contribution < -0.4 is 29.1 Å². The Morgan fingerprint density at radius 1 is 0.900 bits per heavy atom. The summed E-state index contributed by atoms with van der Waals surface area (Å²) in [6.07, 6.45) is 1.49. The predicted molar refractivity (Wildman–Crippen MR) is 115 cm³/mol. The summed E-state index contributed by atoms with van der Waals surface area (Å²) >= 11 is 0. The molecule has 0 aliphatic rings. The molecule has 1 N–H and O–H groups in total. The summed E-state index contributed by atoms with van der Waals surface area (Å²) in [5.41, 5.74) is 3.50. The number of carbonyl (C=O) groups excluding carboxylic acids is 1. The van der Waals surface area contributed by atoms with Crippen LogP contribution in [0.4, 0.5) is 0 Å². The Hall–Kier alpha value is -3.42. The van der Waals surface area contributed by atoms with Crippen molar-refractivity contribution in [3.63, 3.8) is 0 Å². The summed E-state index contributed by atoms with van der Waals surface area (Å²) in [6.45, 7) is 6.87. The van der Waals surface area contributed by atoms with Gasteiger partial charge in [-0.1, -0.05) is 6.07 Å². The third-order valence-electron chi connectivity index (χ3n) is 3.97. The Labute approximate surface area is 176 Å². The number of hydrazone groups is 1. The van der Waals surface area contributed by atoms with Crippen molar-refractivity contribution in [3.8, 4) is 28.7 Å². The largest absolute Gasteiger partial charge is 0.493 e. The van der Waals surface area contributed by atoms with Crippen LogP contribution in [0.2, 0.25) is 0 Å². The van der Waals surface area contributed by atoms with Gasteiger partial charge in [0.05, 0.1) is 40.3 Å². The second-order valence-corrected chi connectivity index (χ2v) is 5.88. The first-order chi connectivity index (χ1) is 14.6. The molecule has 0 saturated heterocycles. The second-order valence-electron chi connectivity index (χ2n) is 5.88. The van der Waals surface area contributed by atoms with Crippen molar-refractivity contribution in [1.82, 2.24) is 5.43 Å². The van der Waals surface area contributed by atoms with Gasteiger partial charge in [-0.2, -0.15) is 5.10 Å². The zero-order chi connectivity index (χ0) is 21.9. The Morgan fingerprint density at radius 3 is 2.07 bits per heavy atom. The molecule has 0 aromatic heterocycles. The van der Waals surface area contributed by atoms with Crippen LogP contribution in [0.1, 0.15) is 36.7 Å². The molecule has 0 aliphatic carbocycles. The molecule has 8 nitrogen and oxygen atoms in total. The number of benzene rings is 2. The zero-order valence-electron chi connectivity index (χ0n) is 18.0. The molecule has 0 bridgehead atoms. The fraction of sp³-hybridized carbons (Fsp3) is 0.364. The first-order valence-corrected chi connectivity index (χ1v) is 9.70. The van der Waals surface area contributed by atoms with Crippen LogP contribution in [0.15, 0.2) is 35.4 Å². The van der Waals surface area contributed by atoms with Gasteiger partial charge in [-0.3, -0.25) is 4.79 Å². The van der Waals surface area contributed by atoms with Gasteiger partial charge in [0.2, 0.25) is 5.75 Å². The molecule has 1 amide bonds. The highest BCUT2D eigenvalue weighted by atomic mass is 16.5. The van der Waals surface area contributed by atoms with Gasteiger partial charge in [0, 0.05) is 11.1 Å². The number of rotatable bonds is 11. The van der Waals surface area contributed by atoms with E-state index in [1.165, 1.54) is 13.3 Å². The monoisotopic (exact) mass is 416 g/mol. The van der Waals surface area contributed by atoms with Crippen LogP contribution in [0, 0.1) is 0 Å². The summed E-state index contributed by atoms with van der Waals surface area (Å²) in [5, 5.41) is 4.04. The highest BCUT2D eigenvalue weighted by Gasteiger charge is 2.18. The molecule has 0 atom stereocenters. The normalized spacial score (nSPS) is 10.6. The molecule has 8 heteroatoms. The molecule has 2 aromatic rings. The number of hydrogen-bond acceptors (Lipinski definition) is 7. The maximum atomic E-state index is 12.7. The molecule has 162 valence electrons. The highest BCUT2D eigenvalue weighted by Crippen LogP contribution is 2.39. The van der Waals surface area contributed by atoms with E-state index in [9.17, 15) is 4.79 Å². The predicted octanol–water partition coefficient (Wildman–Crippen LogP) is 3.66. The maximum absolute atomic E-state index is 12.7. The Bertz CT molecular complexity index is 855. The minimum atomic E-state index is -0.418. The SMILES string of the molecule is CCOc1cc(C(=O)NN=Cc2cccc(OC)c2OC)cc(OCC)c1OCC. The van der Waals surface area contributed by atoms with E-state index in [-0.39, 0.29) is 0 Å². The van der Waals surface area contributed by atoms with E-state index < -0.39 is 5.91 Å². The maximum Gasteiger partial charge on any atom is 0.271 e. The van der Waals surface area contributed by atoms with E-state index in [0.717, 1.165) is 0 Å². The molecule has 2 aromatic carbocycles. The molecule has 30 heavy (non-hydrogen) atoms. The molecule has 0 aliphatic heterocycles. The van der Waals surface area contributed by atoms with Crippen molar-refractivity contribution in [2.75, 3.05) is 34.0 Å². The van der Waals surface area contributed by atoms with Crippen LogP contribution in [0.25, 0.3) is 0 Å². The van der Waals surface area contributed by atoms with Crippen molar-refractivity contribution in [3.05, 3.63) is 41.5 Å². The lowest BCUT2D eigenvalue weighted by molar-refractivity contribution is 0.0954. The summed E-state index contributed by atoms with van der Waals surface area (Å²) in [6, 6.07) is 8.59. The molecule has 0 radical (unpaired) electrons.